The average molecular weight is 428 g/mol. The van der Waals surface area contributed by atoms with Crippen LogP contribution in [0, 0.1) is 19.3 Å². The number of nitrogens with two attached hydrogens (primary N) is 2. The van der Waals surface area contributed by atoms with E-state index in [-0.39, 0.29) is 0 Å². The highest BCUT2D eigenvalue weighted by molar-refractivity contribution is 7.79. The molecule has 1 aliphatic rings. The van der Waals surface area contributed by atoms with Gasteiger partial charge in [0.05, 0.1) is 5.71 Å². The van der Waals surface area contributed by atoms with E-state index in [1.54, 1.807) is 0 Å². The summed E-state index contributed by atoms with van der Waals surface area (Å²) in [5, 5.41) is 7.95. The Morgan fingerprint density at radius 2 is 1.30 bits per heavy atom. The van der Waals surface area contributed by atoms with Crippen molar-refractivity contribution in [1.82, 2.24) is 0 Å². The molecule has 0 bridgehead atoms. The summed E-state index contributed by atoms with van der Waals surface area (Å²) in [5.41, 5.74) is 21.6. The van der Waals surface area contributed by atoms with Gasteiger partial charge < -0.3 is 16.9 Å². The van der Waals surface area contributed by atoms with Crippen LogP contribution >= 0.6 is 0 Å². The quantitative estimate of drug-likeness (QED) is 0.359. The van der Waals surface area contributed by atoms with Crippen LogP contribution < -0.4 is 11.5 Å². The Morgan fingerprint density at radius 1 is 0.867 bits per heavy atom. The first-order valence-corrected chi connectivity index (χ1v) is 10.4. The van der Waals surface area contributed by atoms with E-state index in [0.717, 1.165) is 50.3 Å². The minimum atomic E-state index is -4.67. The van der Waals surface area contributed by atoms with Crippen LogP contribution in [0.4, 0.5) is 11.4 Å². The van der Waals surface area contributed by atoms with Gasteiger partial charge in [0.25, 0.3) is 0 Å². The third-order valence-corrected chi connectivity index (χ3v) is 4.63. The van der Waals surface area contributed by atoms with Crippen molar-refractivity contribution in [1.29, 1.82) is 5.41 Å². The first kappa shape index (κ1) is 23.1. The van der Waals surface area contributed by atoms with Gasteiger partial charge in [-0.15, -0.1) is 0 Å². The van der Waals surface area contributed by atoms with Gasteiger partial charge in [-0.05, 0) is 96.2 Å². The third kappa shape index (κ3) is 6.15. The van der Waals surface area contributed by atoms with Crippen molar-refractivity contribution in [3.8, 4) is 0 Å². The zero-order valence-corrected chi connectivity index (χ0v) is 17.8. The second-order valence-corrected chi connectivity index (χ2v) is 7.89. The second-order valence-electron chi connectivity index (χ2n) is 7.00. The van der Waals surface area contributed by atoms with Gasteiger partial charge >= 0.3 is 10.4 Å². The molecule has 0 heterocycles. The molecule has 0 saturated heterocycles. The molecule has 7 N–H and O–H groups in total. The minimum Gasteiger partial charge on any atom is -0.399 e. The van der Waals surface area contributed by atoms with E-state index in [9.17, 15) is 0 Å². The third-order valence-electron chi connectivity index (χ3n) is 4.63. The van der Waals surface area contributed by atoms with Crippen molar-refractivity contribution in [3.05, 3.63) is 88.0 Å². The maximum Gasteiger partial charge on any atom is 0.394 e. The van der Waals surface area contributed by atoms with Crippen LogP contribution in [0.3, 0.4) is 0 Å². The van der Waals surface area contributed by atoms with Crippen molar-refractivity contribution in [3.63, 3.8) is 0 Å². The molecule has 0 aliphatic heterocycles. The Labute approximate surface area is 176 Å². The van der Waals surface area contributed by atoms with Gasteiger partial charge in [0.2, 0.25) is 0 Å². The normalized spacial score (nSPS) is 13.4. The zero-order valence-electron chi connectivity index (χ0n) is 17.0. The predicted molar refractivity (Wildman–Crippen MR) is 122 cm³/mol. The maximum absolute atomic E-state index is 8.74. The fraction of sp³-hybridized carbons (Fsp3) is 0.136. The first-order chi connectivity index (χ1) is 13.9. The molecule has 0 amide bonds. The Morgan fingerprint density at radius 3 is 1.67 bits per heavy atom. The summed E-state index contributed by atoms with van der Waals surface area (Å²) in [7, 11) is -4.67. The Kier molecular flexibility index (Phi) is 6.99. The fourth-order valence-corrected chi connectivity index (χ4v) is 2.98. The van der Waals surface area contributed by atoms with E-state index in [0.29, 0.717) is 5.71 Å². The van der Waals surface area contributed by atoms with Gasteiger partial charge in [0, 0.05) is 11.4 Å². The van der Waals surface area contributed by atoms with Crippen molar-refractivity contribution in [2.75, 3.05) is 11.5 Å². The summed E-state index contributed by atoms with van der Waals surface area (Å²) < 4.78 is 31.6. The highest BCUT2D eigenvalue weighted by atomic mass is 32.3. The number of benzene rings is 2. The van der Waals surface area contributed by atoms with Gasteiger partial charge in [0.1, 0.15) is 0 Å². The van der Waals surface area contributed by atoms with Gasteiger partial charge in [0.15, 0.2) is 0 Å². The molecule has 30 heavy (non-hydrogen) atoms. The van der Waals surface area contributed by atoms with Crippen LogP contribution in [0.15, 0.2) is 65.8 Å². The molecule has 1 aliphatic carbocycles. The molecule has 8 heteroatoms. The molecule has 0 saturated carbocycles. The van der Waals surface area contributed by atoms with E-state index in [1.807, 2.05) is 57.2 Å². The van der Waals surface area contributed by atoms with Gasteiger partial charge in [-0.25, -0.2) is 0 Å². The molecule has 0 aromatic heterocycles. The number of hydrogen-bond donors (Lipinski definition) is 5. The van der Waals surface area contributed by atoms with Crippen molar-refractivity contribution < 1.29 is 17.5 Å². The van der Waals surface area contributed by atoms with Gasteiger partial charge in [-0.3, -0.25) is 9.11 Å². The van der Waals surface area contributed by atoms with Crippen LogP contribution in [0.25, 0.3) is 5.57 Å². The summed E-state index contributed by atoms with van der Waals surface area (Å²) in [6, 6.07) is 12.2. The number of aryl methyl sites for hydroxylation is 2. The van der Waals surface area contributed by atoms with Crippen LogP contribution in [-0.4, -0.2) is 23.2 Å². The van der Waals surface area contributed by atoms with E-state index < -0.39 is 10.4 Å². The number of nitrogen functional groups attached to an aromatic ring is 2. The van der Waals surface area contributed by atoms with Crippen molar-refractivity contribution in [2.24, 2.45) is 0 Å². The van der Waals surface area contributed by atoms with Crippen LogP contribution in [0.1, 0.15) is 29.2 Å². The summed E-state index contributed by atoms with van der Waals surface area (Å²) in [6.07, 6.45) is 5.91. The molecule has 2 aromatic rings. The number of allylic oxidation sites excluding steroid dienone is 5. The Bertz CT molecular complexity index is 1130. The standard InChI is InChI=1S/C22H23N3.H2O4S/c1-13-10-16(4-7-19(13)23)22(17-5-8-20(24)14(2)11-17)18-6-9-21(25)15(3)12-18;1-5(2,3)4/h4-12,23H,24-25H2,1-3H3;(H2,1,2,3,4). The fourth-order valence-electron chi connectivity index (χ4n) is 2.98. The van der Waals surface area contributed by atoms with E-state index >= 15 is 0 Å². The summed E-state index contributed by atoms with van der Waals surface area (Å²) in [5.74, 6) is 0. The highest BCUT2D eigenvalue weighted by Gasteiger charge is 2.14. The molecule has 0 radical (unpaired) electrons. The molecule has 158 valence electrons. The van der Waals surface area contributed by atoms with Crippen LogP contribution in [0.5, 0.6) is 0 Å². The minimum absolute atomic E-state index is 0.546. The van der Waals surface area contributed by atoms with Crippen LogP contribution in [-0.2, 0) is 10.4 Å². The molecule has 0 spiro atoms. The summed E-state index contributed by atoms with van der Waals surface area (Å²) in [6.45, 7) is 6.00. The van der Waals surface area contributed by atoms with Crippen molar-refractivity contribution in [2.45, 2.75) is 20.8 Å². The van der Waals surface area contributed by atoms with Gasteiger partial charge in [-0.1, -0.05) is 18.2 Å². The maximum atomic E-state index is 8.74. The largest absolute Gasteiger partial charge is 0.399 e. The molecular formula is C22H25N3O4S. The van der Waals surface area contributed by atoms with Crippen LogP contribution in [0.2, 0.25) is 0 Å². The van der Waals surface area contributed by atoms with Crippen molar-refractivity contribution >= 4 is 33.1 Å². The lowest BCUT2D eigenvalue weighted by Gasteiger charge is -2.17. The summed E-state index contributed by atoms with van der Waals surface area (Å²) >= 11 is 0. The summed E-state index contributed by atoms with van der Waals surface area (Å²) in [4.78, 5) is 0. The van der Waals surface area contributed by atoms with Gasteiger partial charge in [-0.2, -0.15) is 8.42 Å². The lowest BCUT2D eigenvalue weighted by Crippen LogP contribution is -2.02. The SMILES string of the molecule is CC1=CC(=C(c2ccc(N)c(C)c2)c2ccc(N)c(C)c2)C=CC1=N.O=S(=O)(O)O. The second kappa shape index (κ2) is 9.08. The highest BCUT2D eigenvalue weighted by Crippen LogP contribution is 2.33. The van der Waals surface area contributed by atoms with E-state index in [2.05, 4.69) is 18.2 Å². The molecular weight excluding hydrogens is 402 g/mol. The molecule has 0 atom stereocenters. The Balaban J connectivity index is 0.000000575. The zero-order chi connectivity index (χ0) is 22.6. The molecule has 3 rings (SSSR count). The molecule has 0 unspecified atom stereocenters. The predicted octanol–water partition coefficient (Wildman–Crippen LogP) is 4.15. The van der Waals surface area contributed by atoms with E-state index in [4.69, 9.17) is 34.4 Å². The smallest absolute Gasteiger partial charge is 0.394 e. The number of rotatable bonds is 2. The Hall–Kier alpha value is -3.20. The molecule has 0 fully saturated rings. The monoisotopic (exact) mass is 427 g/mol. The number of nitrogens with one attached hydrogen (secondary N) is 1. The number of anilines is 2. The first-order valence-electron chi connectivity index (χ1n) is 8.99. The molecule has 2 aromatic carbocycles. The van der Waals surface area contributed by atoms with E-state index in [1.165, 1.54) is 0 Å². The number of hydrogen-bond acceptors (Lipinski definition) is 5. The topological polar surface area (TPSA) is 150 Å². The lowest BCUT2D eigenvalue weighted by molar-refractivity contribution is 0.381. The lowest BCUT2D eigenvalue weighted by atomic mass is 9.88. The average Bonchev–Trinajstić information content (AvgIpc) is 2.63. The molecule has 7 nitrogen and oxygen atoms in total.